The number of benzene rings is 3. The number of carbonyl (C=O) groups is 1. The molecule has 0 atom stereocenters. The Labute approximate surface area is 188 Å². The lowest BCUT2D eigenvalue weighted by atomic mass is 10.1. The van der Waals surface area contributed by atoms with E-state index in [1.807, 2.05) is 26.0 Å². The van der Waals surface area contributed by atoms with Gasteiger partial charge in [0.2, 0.25) is 5.89 Å². The Morgan fingerprint density at radius 1 is 1.10 bits per heavy atom. The van der Waals surface area contributed by atoms with Crippen LogP contribution in [0.15, 0.2) is 59.0 Å². The number of phenolic OH excluding ortho intramolecular Hbond substituents is 1. The smallest absolute Gasteiger partial charge is 0.257 e. The Kier molecular flexibility index (Phi) is 5.63. The third-order valence-corrected chi connectivity index (χ3v) is 5.13. The number of hydrogen-bond acceptors (Lipinski definition) is 5. The highest BCUT2D eigenvalue weighted by atomic mass is 35.5. The lowest BCUT2D eigenvalue weighted by Gasteiger charge is -2.12. The molecule has 0 aliphatic carbocycles. The SMILES string of the molecule is Cc1ccc(C(=O)NC(=S)Nc2ccc(O)c(-c3nc4cc(Cl)ccc4o3)c2)c(C)c1. The van der Waals surface area contributed by atoms with Crippen molar-refractivity contribution in [2.75, 3.05) is 5.32 Å². The van der Waals surface area contributed by atoms with Crippen molar-refractivity contribution in [3.8, 4) is 17.2 Å². The highest BCUT2D eigenvalue weighted by Gasteiger charge is 2.15. The van der Waals surface area contributed by atoms with Crippen molar-refractivity contribution in [1.29, 1.82) is 0 Å². The highest BCUT2D eigenvalue weighted by Crippen LogP contribution is 2.33. The molecule has 4 rings (SSSR count). The second-order valence-electron chi connectivity index (χ2n) is 7.09. The summed E-state index contributed by atoms with van der Waals surface area (Å²) in [5.74, 6) is -0.0677. The van der Waals surface area contributed by atoms with Gasteiger partial charge in [-0.1, -0.05) is 29.3 Å². The van der Waals surface area contributed by atoms with Crippen LogP contribution in [0.2, 0.25) is 5.02 Å². The molecular weight excluding hydrogens is 434 g/mol. The Morgan fingerprint density at radius 3 is 2.68 bits per heavy atom. The van der Waals surface area contributed by atoms with E-state index < -0.39 is 0 Å². The molecule has 0 saturated carbocycles. The van der Waals surface area contributed by atoms with Gasteiger partial charge < -0.3 is 14.8 Å². The summed E-state index contributed by atoms with van der Waals surface area (Å²) in [6.07, 6.45) is 0. The van der Waals surface area contributed by atoms with Crippen LogP contribution in [0, 0.1) is 13.8 Å². The average Bonchev–Trinajstić information content (AvgIpc) is 3.12. The zero-order valence-electron chi connectivity index (χ0n) is 16.7. The number of aromatic hydroxyl groups is 1. The van der Waals surface area contributed by atoms with Gasteiger partial charge in [0.1, 0.15) is 11.3 Å². The van der Waals surface area contributed by atoms with Gasteiger partial charge in [0.25, 0.3) is 5.91 Å². The van der Waals surface area contributed by atoms with Crippen LogP contribution in [0.5, 0.6) is 5.75 Å². The maximum Gasteiger partial charge on any atom is 0.257 e. The first-order valence-electron chi connectivity index (χ1n) is 9.39. The summed E-state index contributed by atoms with van der Waals surface area (Å²) in [7, 11) is 0. The lowest BCUT2D eigenvalue weighted by Crippen LogP contribution is -2.34. The van der Waals surface area contributed by atoms with Crippen molar-refractivity contribution >= 4 is 51.6 Å². The number of aryl methyl sites for hydroxylation is 2. The number of phenols is 1. The number of oxazole rings is 1. The molecule has 31 heavy (non-hydrogen) atoms. The molecule has 3 aromatic carbocycles. The van der Waals surface area contributed by atoms with Crippen LogP contribution in [0.3, 0.4) is 0 Å². The summed E-state index contributed by atoms with van der Waals surface area (Å²) in [5.41, 5.74) is 4.55. The van der Waals surface area contributed by atoms with Gasteiger partial charge in [-0.2, -0.15) is 0 Å². The van der Waals surface area contributed by atoms with Gasteiger partial charge in [0.05, 0.1) is 5.56 Å². The number of hydrogen-bond donors (Lipinski definition) is 3. The first-order chi connectivity index (χ1) is 14.8. The molecule has 0 aliphatic heterocycles. The van der Waals surface area contributed by atoms with Crippen LogP contribution < -0.4 is 10.6 Å². The van der Waals surface area contributed by atoms with Gasteiger partial charge in [-0.15, -0.1) is 0 Å². The monoisotopic (exact) mass is 451 g/mol. The number of halogens is 1. The summed E-state index contributed by atoms with van der Waals surface area (Å²) in [6.45, 7) is 3.84. The summed E-state index contributed by atoms with van der Waals surface area (Å²) in [6, 6.07) is 15.4. The van der Waals surface area contributed by atoms with Gasteiger partial charge in [-0.05, 0) is 74.1 Å². The summed E-state index contributed by atoms with van der Waals surface area (Å²) in [4.78, 5) is 16.9. The molecular formula is C23H18ClN3O3S. The molecule has 8 heteroatoms. The van der Waals surface area contributed by atoms with Crippen molar-refractivity contribution in [1.82, 2.24) is 10.3 Å². The first kappa shape index (κ1) is 20.8. The van der Waals surface area contributed by atoms with Crippen LogP contribution in [0.4, 0.5) is 5.69 Å². The van der Waals surface area contributed by atoms with E-state index in [0.717, 1.165) is 11.1 Å². The maximum absolute atomic E-state index is 12.5. The summed E-state index contributed by atoms with van der Waals surface area (Å²) < 4.78 is 5.73. The fourth-order valence-corrected chi connectivity index (χ4v) is 3.58. The molecule has 0 unspecified atom stereocenters. The molecule has 1 amide bonds. The van der Waals surface area contributed by atoms with Crippen LogP contribution >= 0.6 is 23.8 Å². The normalized spacial score (nSPS) is 10.8. The van der Waals surface area contributed by atoms with Crippen LogP contribution in [0.1, 0.15) is 21.5 Å². The Morgan fingerprint density at radius 2 is 1.90 bits per heavy atom. The van der Waals surface area contributed by atoms with Gasteiger partial charge in [-0.3, -0.25) is 10.1 Å². The fraction of sp³-hybridized carbons (Fsp3) is 0.0870. The molecule has 1 aromatic heterocycles. The molecule has 0 aliphatic rings. The van der Waals surface area contributed by atoms with Gasteiger partial charge in [-0.25, -0.2) is 4.98 Å². The highest BCUT2D eigenvalue weighted by molar-refractivity contribution is 7.80. The molecule has 1 heterocycles. The predicted octanol–water partition coefficient (Wildman–Crippen LogP) is 5.60. The first-order valence-corrected chi connectivity index (χ1v) is 10.2. The Bertz CT molecular complexity index is 1330. The van der Waals surface area contributed by atoms with Crippen LogP contribution in [0.25, 0.3) is 22.6 Å². The third-order valence-electron chi connectivity index (χ3n) is 4.69. The molecule has 0 fully saturated rings. The minimum Gasteiger partial charge on any atom is -0.507 e. The number of carbonyl (C=O) groups excluding carboxylic acids is 1. The van der Waals surface area contributed by atoms with E-state index in [-0.39, 0.29) is 22.7 Å². The number of aromatic nitrogens is 1. The van der Waals surface area contributed by atoms with E-state index in [9.17, 15) is 9.90 Å². The fourth-order valence-electron chi connectivity index (χ4n) is 3.20. The van der Waals surface area contributed by atoms with Gasteiger partial charge in [0, 0.05) is 16.3 Å². The number of fused-ring (bicyclic) bond motifs is 1. The number of thiocarbonyl (C=S) groups is 1. The van der Waals surface area contributed by atoms with E-state index in [2.05, 4.69) is 15.6 Å². The van der Waals surface area contributed by atoms with Gasteiger partial charge in [0.15, 0.2) is 10.7 Å². The molecule has 156 valence electrons. The van der Waals surface area contributed by atoms with Crippen LogP contribution in [-0.4, -0.2) is 21.1 Å². The van der Waals surface area contributed by atoms with E-state index in [0.29, 0.717) is 32.9 Å². The lowest BCUT2D eigenvalue weighted by molar-refractivity contribution is 0.0977. The maximum atomic E-state index is 12.5. The molecule has 0 spiro atoms. The number of nitrogens with zero attached hydrogens (tertiary/aromatic N) is 1. The molecule has 6 nitrogen and oxygen atoms in total. The van der Waals surface area contributed by atoms with E-state index >= 15 is 0 Å². The predicted molar refractivity (Wildman–Crippen MR) is 126 cm³/mol. The number of amides is 1. The largest absolute Gasteiger partial charge is 0.507 e. The molecule has 3 N–H and O–H groups in total. The zero-order valence-corrected chi connectivity index (χ0v) is 18.3. The Hall–Kier alpha value is -3.42. The van der Waals surface area contributed by atoms with Crippen molar-refractivity contribution in [3.63, 3.8) is 0 Å². The summed E-state index contributed by atoms with van der Waals surface area (Å²) >= 11 is 11.3. The van der Waals surface area contributed by atoms with Crippen molar-refractivity contribution < 1.29 is 14.3 Å². The topological polar surface area (TPSA) is 87.4 Å². The zero-order chi connectivity index (χ0) is 22.1. The van der Waals surface area contributed by atoms with E-state index in [4.69, 9.17) is 28.2 Å². The number of nitrogens with one attached hydrogen (secondary N) is 2. The molecule has 0 saturated heterocycles. The number of rotatable bonds is 3. The molecule has 0 radical (unpaired) electrons. The molecule has 0 bridgehead atoms. The third kappa shape index (κ3) is 4.52. The standard InChI is InChI=1S/C23H18ClN3O3S/c1-12-3-6-16(13(2)9-12)21(29)27-23(31)25-15-5-7-19(28)17(11-15)22-26-18-10-14(24)4-8-20(18)30-22/h3-11,28H,1-2H3,(H2,25,27,29,31). The van der Waals surface area contributed by atoms with E-state index in [1.165, 1.54) is 6.07 Å². The van der Waals surface area contributed by atoms with Crippen molar-refractivity contribution in [3.05, 3.63) is 76.3 Å². The second-order valence-corrected chi connectivity index (χ2v) is 7.93. The quantitative estimate of drug-likeness (QED) is 0.277. The minimum absolute atomic E-state index is 0.00608. The van der Waals surface area contributed by atoms with Crippen LogP contribution in [-0.2, 0) is 0 Å². The molecule has 4 aromatic rings. The summed E-state index contributed by atoms with van der Waals surface area (Å²) in [5, 5.41) is 16.6. The van der Waals surface area contributed by atoms with E-state index in [1.54, 1.807) is 36.4 Å². The number of anilines is 1. The average molecular weight is 452 g/mol. The van der Waals surface area contributed by atoms with Crippen molar-refractivity contribution in [2.24, 2.45) is 0 Å². The second kappa shape index (κ2) is 8.37. The minimum atomic E-state index is -0.301. The Balaban J connectivity index is 1.53. The van der Waals surface area contributed by atoms with Crippen molar-refractivity contribution in [2.45, 2.75) is 13.8 Å². The van der Waals surface area contributed by atoms with Gasteiger partial charge >= 0.3 is 0 Å².